The average Bonchev–Trinajstić information content (AvgIpc) is 3.15. The molecule has 4 rings (SSSR count). The standard InChI is InChI=1S/C22H20ClN5O2/c1-14-3-8-21-16(9-14)10-17(22(23)25-21)11-28-12-19(26-27-28)13-30-20-6-4-18(5-7-20)24-15(2)29/h3-10,12H,11,13H2,1-2H3,(H,24,29). The van der Waals surface area contributed by atoms with E-state index in [4.69, 9.17) is 16.3 Å². The molecule has 0 radical (unpaired) electrons. The second kappa shape index (κ2) is 8.51. The number of pyridine rings is 1. The van der Waals surface area contributed by atoms with Gasteiger partial charge in [-0.05, 0) is 49.4 Å². The van der Waals surface area contributed by atoms with Crippen molar-refractivity contribution in [3.8, 4) is 5.75 Å². The van der Waals surface area contributed by atoms with Gasteiger partial charge in [-0.2, -0.15) is 0 Å². The lowest BCUT2D eigenvalue weighted by Gasteiger charge is -2.07. The van der Waals surface area contributed by atoms with E-state index in [0.29, 0.717) is 23.1 Å². The molecule has 0 unspecified atom stereocenters. The molecule has 7 nitrogen and oxygen atoms in total. The first-order chi connectivity index (χ1) is 14.5. The first kappa shape index (κ1) is 19.8. The number of rotatable bonds is 6. The van der Waals surface area contributed by atoms with Crippen LogP contribution < -0.4 is 10.1 Å². The normalized spacial score (nSPS) is 10.9. The van der Waals surface area contributed by atoms with Crippen molar-refractivity contribution < 1.29 is 9.53 Å². The molecule has 1 amide bonds. The highest BCUT2D eigenvalue weighted by molar-refractivity contribution is 6.30. The molecule has 0 bridgehead atoms. The Morgan fingerprint density at radius 1 is 1.17 bits per heavy atom. The number of carbonyl (C=O) groups excluding carboxylic acids is 1. The van der Waals surface area contributed by atoms with Gasteiger partial charge < -0.3 is 10.1 Å². The number of halogens is 1. The fraction of sp³-hybridized carbons (Fsp3) is 0.182. The summed E-state index contributed by atoms with van der Waals surface area (Å²) in [5.74, 6) is 0.563. The fourth-order valence-corrected chi connectivity index (χ4v) is 3.28. The Kier molecular flexibility index (Phi) is 5.63. The lowest BCUT2D eigenvalue weighted by Crippen LogP contribution is -2.05. The van der Waals surface area contributed by atoms with Crippen molar-refractivity contribution in [2.75, 3.05) is 5.32 Å². The molecule has 2 aromatic carbocycles. The average molecular weight is 422 g/mol. The van der Waals surface area contributed by atoms with E-state index in [9.17, 15) is 4.79 Å². The molecule has 4 aromatic rings. The van der Waals surface area contributed by atoms with Crippen molar-refractivity contribution in [1.82, 2.24) is 20.0 Å². The number of hydrogen-bond acceptors (Lipinski definition) is 5. The summed E-state index contributed by atoms with van der Waals surface area (Å²) >= 11 is 6.36. The predicted molar refractivity (Wildman–Crippen MR) is 116 cm³/mol. The van der Waals surface area contributed by atoms with E-state index < -0.39 is 0 Å². The molecule has 0 atom stereocenters. The van der Waals surface area contributed by atoms with Crippen LogP contribution in [0.4, 0.5) is 5.69 Å². The number of aryl methyl sites for hydroxylation is 1. The van der Waals surface area contributed by atoms with E-state index in [1.807, 2.05) is 31.3 Å². The molecule has 30 heavy (non-hydrogen) atoms. The van der Waals surface area contributed by atoms with Gasteiger partial charge in [-0.3, -0.25) is 4.79 Å². The van der Waals surface area contributed by atoms with Crippen LogP contribution in [0.15, 0.2) is 54.7 Å². The molecule has 0 aliphatic heterocycles. The quantitative estimate of drug-likeness (QED) is 0.467. The number of benzene rings is 2. The van der Waals surface area contributed by atoms with Crippen LogP contribution in [0.2, 0.25) is 5.15 Å². The van der Waals surface area contributed by atoms with Gasteiger partial charge in [-0.15, -0.1) is 5.10 Å². The molecule has 8 heteroatoms. The minimum Gasteiger partial charge on any atom is -0.487 e. The second-order valence-corrected chi connectivity index (χ2v) is 7.39. The highest BCUT2D eigenvalue weighted by Crippen LogP contribution is 2.22. The number of fused-ring (bicyclic) bond motifs is 1. The maximum absolute atomic E-state index is 11.1. The summed E-state index contributed by atoms with van der Waals surface area (Å²) in [5.41, 5.74) is 4.33. The summed E-state index contributed by atoms with van der Waals surface area (Å²) < 4.78 is 7.45. The van der Waals surface area contributed by atoms with Gasteiger partial charge in [0.15, 0.2) is 0 Å². The molecular formula is C22H20ClN5O2. The van der Waals surface area contributed by atoms with Gasteiger partial charge >= 0.3 is 0 Å². The maximum Gasteiger partial charge on any atom is 0.221 e. The number of anilines is 1. The number of nitrogens with one attached hydrogen (secondary N) is 1. The van der Waals surface area contributed by atoms with Crippen molar-refractivity contribution in [1.29, 1.82) is 0 Å². The van der Waals surface area contributed by atoms with Gasteiger partial charge in [-0.25, -0.2) is 9.67 Å². The van der Waals surface area contributed by atoms with Crippen LogP contribution in [0.3, 0.4) is 0 Å². The van der Waals surface area contributed by atoms with Crippen LogP contribution in [0.5, 0.6) is 5.75 Å². The first-order valence-corrected chi connectivity index (χ1v) is 9.79. The van der Waals surface area contributed by atoms with E-state index in [1.165, 1.54) is 12.5 Å². The summed E-state index contributed by atoms with van der Waals surface area (Å²) in [6, 6.07) is 15.2. The summed E-state index contributed by atoms with van der Waals surface area (Å²) in [7, 11) is 0. The van der Waals surface area contributed by atoms with Crippen molar-refractivity contribution in [2.45, 2.75) is 27.0 Å². The number of aromatic nitrogens is 4. The Balaban J connectivity index is 1.41. The summed E-state index contributed by atoms with van der Waals surface area (Å²) in [6.45, 7) is 4.26. The predicted octanol–water partition coefficient (Wildman–Crippen LogP) is 4.37. The second-order valence-electron chi connectivity index (χ2n) is 7.04. The van der Waals surface area contributed by atoms with Gasteiger partial charge in [-0.1, -0.05) is 28.4 Å². The van der Waals surface area contributed by atoms with Crippen LogP contribution in [-0.2, 0) is 17.9 Å². The van der Waals surface area contributed by atoms with Crippen molar-refractivity contribution in [2.24, 2.45) is 0 Å². The van der Waals surface area contributed by atoms with E-state index >= 15 is 0 Å². The summed E-state index contributed by atoms with van der Waals surface area (Å²) in [4.78, 5) is 15.5. The van der Waals surface area contributed by atoms with Crippen LogP contribution in [0.1, 0.15) is 23.7 Å². The molecule has 2 heterocycles. The van der Waals surface area contributed by atoms with Crippen LogP contribution in [0, 0.1) is 6.92 Å². The lowest BCUT2D eigenvalue weighted by atomic mass is 10.1. The highest BCUT2D eigenvalue weighted by Gasteiger charge is 2.09. The number of hydrogen-bond donors (Lipinski definition) is 1. The molecule has 0 saturated heterocycles. The minimum atomic E-state index is -0.114. The Morgan fingerprint density at radius 2 is 1.97 bits per heavy atom. The smallest absolute Gasteiger partial charge is 0.221 e. The molecule has 0 aliphatic rings. The first-order valence-electron chi connectivity index (χ1n) is 9.41. The Morgan fingerprint density at radius 3 is 2.73 bits per heavy atom. The fourth-order valence-electron chi connectivity index (χ4n) is 3.08. The molecular weight excluding hydrogens is 402 g/mol. The van der Waals surface area contributed by atoms with Gasteiger partial charge in [0.2, 0.25) is 5.91 Å². The zero-order valence-corrected chi connectivity index (χ0v) is 17.3. The number of nitrogens with zero attached hydrogens (tertiary/aromatic N) is 4. The van der Waals surface area contributed by atoms with Crippen molar-refractivity contribution >= 4 is 34.1 Å². The molecule has 1 N–H and O–H groups in total. The molecule has 0 aliphatic carbocycles. The van der Waals surface area contributed by atoms with Crippen molar-refractivity contribution in [3.05, 3.63) is 76.7 Å². The van der Waals surface area contributed by atoms with Crippen LogP contribution in [-0.4, -0.2) is 25.9 Å². The Bertz CT molecular complexity index is 1200. The minimum absolute atomic E-state index is 0.114. The van der Waals surface area contributed by atoms with Crippen LogP contribution >= 0.6 is 11.6 Å². The highest BCUT2D eigenvalue weighted by atomic mass is 35.5. The van der Waals surface area contributed by atoms with Gasteiger partial charge in [0.1, 0.15) is 23.2 Å². The van der Waals surface area contributed by atoms with Gasteiger partial charge in [0.05, 0.1) is 18.3 Å². The Labute approximate surface area is 178 Å². The number of carbonyl (C=O) groups is 1. The van der Waals surface area contributed by atoms with Crippen molar-refractivity contribution in [3.63, 3.8) is 0 Å². The lowest BCUT2D eigenvalue weighted by molar-refractivity contribution is -0.114. The summed E-state index contributed by atoms with van der Waals surface area (Å²) in [5, 5.41) is 12.5. The SMILES string of the molecule is CC(=O)Nc1ccc(OCc2cn(Cc3cc4cc(C)ccc4nc3Cl)nn2)cc1. The largest absolute Gasteiger partial charge is 0.487 e. The molecule has 0 fully saturated rings. The third-order valence-corrected chi connectivity index (χ3v) is 4.80. The van der Waals surface area contributed by atoms with E-state index in [0.717, 1.165) is 22.2 Å². The molecule has 2 aromatic heterocycles. The zero-order valence-electron chi connectivity index (χ0n) is 16.6. The topological polar surface area (TPSA) is 81.9 Å². The van der Waals surface area contributed by atoms with E-state index in [2.05, 4.69) is 26.7 Å². The number of amides is 1. The zero-order chi connectivity index (χ0) is 21.1. The Hall–Kier alpha value is -3.45. The maximum atomic E-state index is 11.1. The third kappa shape index (κ3) is 4.75. The molecule has 0 spiro atoms. The third-order valence-electron chi connectivity index (χ3n) is 4.48. The van der Waals surface area contributed by atoms with Gasteiger partial charge in [0, 0.05) is 23.6 Å². The molecule has 152 valence electrons. The van der Waals surface area contributed by atoms with E-state index in [-0.39, 0.29) is 12.5 Å². The van der Waals surface area contributed by atoms with Gasteiger partial charge in [0.25, 0.3) is 0 Å². The summed E-state index contributed by atoms with van der Waals surface area (Å²) in [6.07, 6.45) is 1.82. The van der Waals surface area contributed by atoms with Crippen LogP contribution in [0.25, 0.3) is 10.9 Å². The number of ether oxygens (including phenoxy) is 1. The van der Waals surface area contributed by atoms with E-state index in [1.54, 1.807) is 28.9 Å². The molecule has 0 saturated carbocycles. The monoisotopic (exact) mass is 421 g/mol.